The molecule has 1 aromatic rings. The number of pyridine rings is 1. The first kappa shape index (κ1) is 12.1. The highest BCUT2D eigenvalue weighted by molar-refractivity contribution is 5.80. The van der Waals surface area contributed by atoms with Crippen molar-refractivity contribution in [2.24, 2.45) is 0 Å². The Labute approximate surface area is 90.2 Å². The zero-order valence-electron chi connectivity index (χ0n) is 8.35. The van der Waals surface area contributed by atoms with Gasteiger partial charge in [-0.05, 0) is 12.1 Å². The summed E-state index contributed by atoms with van der Waals surface area (Å²) in [6.07, 6.45) is 2.91. The van der Waals surface area contributed by atoms with E-state index in [1.165, 1.54) is 19.4 Å². The Bertz CT molecular complexity index is 418. The quantitative estimate of drug-likeness (QED) is 0.800. The predicted octanol–water partition coefficient (Wildman–Crippen LogP) is 1.82. The van der Waals surface area contributed by atoms with E-state index in [2.05, 4.69) is 4.98 Å². The van der Waals surface area contributed by atoms with Crippen molar-refractivity contribution < 1.29 is 23.4 Å². The monoisotopic (exact) mass is 229 g/mol. The maximum atomic E-state index is 13.5. The van der Waals surface area contributed by atoms with Gasteiger partial charge in [0.05, 0.1) is 12.7 Å². The molecule has 16 heavy (non-hydrogen) atoms. The standard InChI is InChI=1S/C10H9F2NO3/c1-16-8-3-5-13-6-7(8)10(11,12)4-2-9(14)15/h2-6H,1H3,(H,14,15)/b4-2+. The number of hydrogen-bond acceptors (Lipinski definition) is 3. The van der Waals surface area contributed by atoms with Gasteiger partial charge in [0.15, 0.2) is 0 Å². The molecule has 1 rings (SSSR count). The molecule has 0 amide bonds. The van der Waals surface area contributed by atoms with E-state index in [4.69, 9.17) is 9.84 Å². The van der Waals surface area contributed by atoms with Crippen molar-refractivity contribution in [3.63, 3.8) is 0 Å². The normalized spacial score (nSPS) is 11.7. The zero-order chi connectivity index (χ0) is 12.2. The van der Waals surface area contributed by atoms with Crippen LogP contribution in [-0.4, -0.2) is 23.2 Å². The van der Waals surface area contributed by atoms with E-state index < -0.39 is 17.5 Å². The smallest absolute Gasteiger partial charge is 0.328 e. The second-order valence-corrected chi connectivity index (χ2v) is 2.87. The van der Waals surface area contributed by atoms with Crippen LogP contribution in [0.2, 0.25) is 0 Å². The molecule has 0 unspecified atom stereocenters. The molecule has 1 N–H and O–H groups in total. The van der Waals surface area contributed by atoms with Crippen LogP contribution in [0.25, 0.3) is 0 Å². The molecule has 0 atom stereocenters. The molecule has 86 valence electrons. The highest BCUT2D eigenvalue weighted by Crippen LogP contribution is 2.35. The molecule has 0 aliphatic heterocycles. The number of carboxylic acids is 1. The van der Waals surface area contributed by atoms with E-state index in [-0.39, 0.29) is 11.8 Å². The van der Waals surface area contributed by atoms with E-state index in [0.717, 1.165) is 6.20 Å². The van der Waals surface area contributed by atoms with Crippen LogP contribution >= 0.6 is 0 Å². The summed E-state index contributed by atoms with van der Waals surface area (Å²) in [5.74, 6) is -4.92. The largest absolute Gasteiger partial charge is 0.496 e. The van der Waals surface area contributed by atoms with E-state index in [1.807, 2.05) is 0 Å². The minimum atomic E-state index is -3.43. The molecule has 0 aliphatic carbocycles. The average Bonchev–Trinajstić information content (AvgIpc) is 2.26. The Balaban J connectivity index is 3.10. The Kier molecular flexibility index (Phi) is 3.55. The highest BCUT2D eigenvalue weighted by Gasteiger charge is 2.32. The summed E-state index contributed by atoms with van der Waals surface area (Å²) in [6.45, 7) is 0. The van der Waals surface area contributed by atoms with Crippen LogP contribution in [0.4, 0.5) is 8.78 Å². The summed E-state index contributed by atoms with van der Waals surface area (Å²) in [5.41, 5.74) is -0.477. The fourth-order valence-electron chi connectivity index (χ4n) is 1.08. The number of aliphatic carboxylic acids is 1. The van der Waals surface area contributed by atoms with Crippen LogP contribution in [0.15, 0.2) is 30.6 Å². The summed E-state index contributed by atoms with van der Waals surface area (Å²) < 4.78 is 31.7. The third-order valence-electron chi connectivity index (χ3n) is 1.80. The number of carboxylic acid groups (broad SMARTS) is 1. The van der Waals surface area contributed by atoms with Crippen LogP contribution < -0.4 is 4.74 Å². The van der Waals surface area contributed by atoms with Crippen LogP contribution in [0.5, 0.6) is 5.75 Å². The molecule has 0 saturated heterocycles. The molecule has 6 heteroatoms. The summed E-state index contributed by atoms with van der Waals surface area (Å²) in [4.78, 5) is 13.7. The number of carbonyl (C=O) groups is 1. The van der Waals surface area contributed by atoms with Gasteiger partial charge in [-0.25, -0.2) is 4.79 Å². The van der Waals surface area contributed by atoms with Gasteiger partial charge in [-0.3, -0.25) is 4.98 Å². The second-order valence-electron chi connectivity index (χ2n) is 2.87. The van der Waals surface area contributed by atoms with Gasteiger partial charge in [0.1, 0.15) is 5.75 Å². The van der Waals surface area contributed by atoms with Crippen LogP contribution in [-0.2, 0) is 10.7 Å². The Morgan fingerprint density at radius 3 is 2.88 bits per heavy atom. The number of allylic oxidation sites excluding steroid dienone is 1. The van der Waals surface area contributed by atoms with Crippen LogP contribution in [0.1, 0.15) is 5.56 Å². The van der Waals surface area contributed by atoms with E-state index >= 15 is 0 Å². The minimum Gasteiger partial charge on any atom is -0.496 e. The lowest BCUT2D eigenvalue weighted by molar-refractivity contribution is -0.131. The van der Waals surface area contributed by atoms with E-state index in [9.17, 15) is 13.6 Å². The van der Waals surface area contributed by atoms with E-state index in [1.54, 1.807) is 0 Å². The first-order valence-corrected chi connectivity index (χ1v) is 4.26. The Hall–Kier alpha value is -1.98. The fraction of sp³-hybridized carbons (Fsp3) is 0.200. The number of aromatic nitrogens is 1. The first-order chi connectivity index (χ1) is 7.47. The van der Waals surface area contributed by atoms with Crippen molar-refractivity contribution in [2.75, 3.05) is 7.11 Å². The van der Waals surface area contributed by atoms with Gasteiger partial charge in [-0.15, -0.1) is 0 Å². The van der Waals surface area contributed by atoms with Crippen molar-refractivity contribution in [1.82, 2.24) is 4.98 Å². The van der Waals surface area contributed by atoms with Crippen molar-refractivity contribution in [2.45, 2.75) is 5.92 Å². The number of halogens is 2. The lowest BCUT2D eigenvalue weighted by Gasteiger charge is -2.14. The average molecular weight is 229 g/mol. The number of hydrogen-bond donors (Lipinski definition) is 1. The number of methoxy groups -OCH3 is 1. The molecule has 0 bridgehead atoms. The molecular formula is C10H9F2NO3. The number of alkyl halides is 2. The molecule has 0 aliphatic rings. The fourth-order valence-corrected chi connectivity index (χ4v) is 1.08. The molecule has 4 nitrogen and oxygen atoms in total. The zero-order valence-corrected chi connectivity index (χ0v) is 8.35. The molecule has 1 heterocycles. The maximum absolute atomic E-state index is 13.5. The topological polar surface area (TPSA) is 59.4 Å². The minimum absolute atomic E-state index is 0.0463. The third kappa shape index (κ3) is 2.75. The number of nitrogens with zero attached hydrogens (tertiary/aromatic N) is 1. The Morgan fingerprint density at radius 1 is 1.62 bits per heavy atom. The lowest BCUT2D eigenvalue weighted by Crippen LogP contribution is -2.12. The van der Waals surface area contributed by atoms with Crippen molar-refractivity contribution >= 4 is 5.97 Å². The van der Waals surface area contributed by atoms with Crippen LogP contribution in [0.3, 0.4) is 0 Å². The third-order valence-corrected chi connectivity index (χ3v) is 1.80. The lowest BCUT2D eigenvalue weighted by atomic mass is 10.1. The maximum Gasteiger partial charge on any atom is 0.328 e. The molecule has 0 saturated carbocycles. The molecule has 0 fully saturated rings. The van der Waals surface area contributed by atoms with Gasteiger partial charge in [-0.1, -0.05) is 0 Å². The summed E-state index contributed by atoms with van der Waals surface area (Å²) in [5, 5.41) is 8.28. The van der Waals surface area contributed by atoms with E-state index in [0.29, 0.717) is 6.08 Å². The molecule has 0 spiro atoms. The molecule has 0 radical (unpaired) electrons. The first-order valence-electron chi connectivity index (χ1n) is 4.26. The predicted molar refractivity (Wildman–Crippen MR) is 51.5 cm³/mol. The molecule has 1 aromatic heterocycles. The second kappa shape index (κ2) is 4.69. The van der Waals surface area contributed by atoms with Gasteiger partial charge in [-0.2, -0.15) is 8.78 Å². The Morgan fingerprint density at radius 2 is 2.31 bits per heavy atom. The van der Waals surface area contributed by atoms with Gasteiger partial charge >= 0.3 is 5.97 Å². The van der Waals surface area contributed by atoms with Gasteiger partial charge in [0.2, 0.25) is 0 Å². The number of rotatable bonds is 4. The summed E-state index contributed by atoms with van der Waals surface area (Å²) in [6, 6.07) is 1.28. The van der Waals surface area contributed by atoms with Gasteiger partial charge in [0, 0.05) is 18.5 Å². The van der Waals surface area contributed by atoms with Gasteiger partial charge < -0.3 is 9.84 Å². The summed E-state index contributed by atoms with van der Waals surface area (Å²) >= 11 is 0. The van der Waals surface area contributed by atoms with Crippen molar-refractivity contribution in [3.05, 3.63) is 36.2 Å². The molecule has 0 aromatic carbocycles. The van der Waals surface area contributed by atoms with Crippen molar-refractivity contribution in [1.29, 1.82) is 0 Å². The summed E-state index contributed by atoms with van der Waals surface area (Å²) in [7, 11) is 1.25. The molecular weight excluding hydrogens is 220 g/mol. The van der Waals surface area contributed by atoms with Gasteiger partial charge in [0.25, 0.3) is 5.92 Å². The highest BCUT2D eigenvalue weighted by atomic mass is 19.3. The SMILES string of the molecule is COc1ccncc1C(F)(F)/C=C/C(=O)O. The van der Waals surface area contributed by atoms with Crippen LogP contribution in [0, 0.1) is 0 Å². The number of ether oxygens (including phenoxy) is 1. The van der Waals surface area contributed by atoms with Crippen molar-refractivity contribution in [3.8, 4) is 5.75 Å².